The van der Waals surface area contributed by atoms with E-state index in [0.717, 1.165) is 5.56 Å². The first-order valence-corrected chi connectivity index (χ1v) is 10.5. The van der Waals surface area contributed by atoms with Crippen molar-refractivity contribution in [3.8, 4) is 5.75 Å². The van der Waals surface area contributed by atoms with Crippen LogP contribution in [-0.4, -0.2) is 45.5 Å². The third-order valence-corrected chi connectivity index (χ3v) is 6.74. The lowest BCUT2D eigenvalue weighted by Gasteiger charge is -2.41. The van der Waals surface area contributed by atoms with Gasteiger partial charge in [-0.1, -0.05) is 6.07 Å². The number of hydrogen-bond donors (Lipinski definition) is 5. The highest BCUT2D eigenvalue weighted by Crippen LogP contribution is 2.49. The van der Waals surface area contributed by atoms with Crippen molar-refractivity contribution in [2.24, 2.45) is 23.5 Å². The molecule has 4 atom stereocenters. The molecule has 2 unspecified atom stereocenters. The molecule has 0 aromatic heterocycles. The van der Waals surface area contributed by atoms with Gasteiger partial charge in [0, 0.05) is 24.6 Å². The lowest BCUT2D eigenvalue weighted by Crippen LogP contribution is -2.43. The van der Waals surface area contributed by atoms with E-state index in [1.165, 1.54) is 6.07 Å². The first kappa shape index (κ1) is 22.0. The SMILES string of the molecule is CC(CF)NCc1ccc(O)c2c1C[C@H]1C[C@H]3CC(O)=C(C(N)=O)C(=O)C3C(O)=C1C2=O. The van der Waals surface area contributed by atoms with Gasteiger partial charge in [0.15, 0.2) is 11.6 Å². The molecule has 32 heavy (non-hydrogen) atoms. The zero-order valence-corrected chi connectivity index (χ0v) is 17.5. The molecule has 0 saturated heterocycles. The van der Waals surface area contributed by atoms with Crippen molar-refractivity contribution in [2.75, 3.05) is 6.67 Å². The molecule has 9 heteroatoms. The maximum absolute atomic E-state index is 13.4. The number of alkyl halides is 1. The number of halogens is 1. The van der Waals surface area contributed by atoms with Crippen LogP contribution in [0.4, 0.5) is 4.39 Å². The molecule has 0 aliphatic heterocycles. The number of nitrogens with one attached hydrogen (secondary N) is 1. The Kier molecular flexibility index (Phi) is 5.54. The average molecular weight is 444 g/mol. The van der Waals surface area contributed by atoms with E-state index in [0.29, 0.717) is 24.9 Å². The zero-order valence-electron chi connectivity index (χ0n) is 17.5. The molecule has 0 heterocycles. The van der Waals surface area contributed by atoms with Crippen molar-refractivity contribution in [1.82, 2.24) is 5.32 Å². The number of primary amides is 1. The molecule has 8 nitrogen and oxygen atoms in total. The van der Waals surface area contributed by atoms with Crippen molar-refractivity contribution in [1.29, 1.82) is 0 Å². The van der Waals surface area contributed by atoms with Crippen LogP contribution < -0.4 is 11.1 Å². The molecule has 1 aromatic rings. The Morgan fingerprint density at radius 3 is 2.62 bits per heavy atom. The molecule has 170 valence electrons. The Morgan fingerprint density at radius 2 is 1.97 bits per heavy atom. The lowest BCUT2D eigenvalue weighted by atomic mass is 9.62. The number of carbonyl (C=O) groups is 3. The molecule has 4 rings (SSSR count). The van der Waals surface area contributed by atoms with Crippen LogP contribution in [0.2, 0.25) is 0 Å². The predicted octanol–water partition coefficient (Wildman–Crippen LogP) is 1.91. The van der Waals surface area contributed by atoms with Gasteiger partial charge in [-0.15, -0.1) is 0 Å². The van der Waals surface area contributed by atoms with E-state index in [2.05, 4.69) is 5.32 Å². The molecule has 1 amide bonds. The number of aliphatic hydroxyl groups is 2. The highest BCUT2D eigenvalue weighted by Gasteiger charge is 2.50. The van der Waals surface area contributed by atoms with Crippen molar-refractivity contribution in [2.45, 2.75) is 38.8 Å². The van der Waals surface area contributed by atoms with Gasteiger partial charge >= 0.3 is 0 Å². The number of phenols is 1. The Hall–Kier alpha value is -3.20. The maximum Gasteiger partial charge on any atom is 0.255 e. The molecule has 0 fully saturated rings. The summed E-state index contributed by atoms with van der Waals surface area (Å²) in [5, 5.41) is 34.6. The van der Waals surface area contributed by atoms with Crippen LogP contribution in [0.1, 0.15) is 41.3 Å². The fourth-order valence-corrected chi connectivity index (χ4v) is 5.21. The first-order chi connectivity index (χ1) is 15.1. The Morgan fingerprint density at radius 1 is 1.25 bits per heavy atom. The third-order valence-electron chi connectivity index (χ3n) is 6.74. The van der Waals surface area contributed by atoms with Gasteiger partial charge in [-0.2, -0.15) is 0 Å². The summed E-state index contributed by atoms with van der Waals surface area (Å²) in [5.41, 5.74) is 6.16. The molecular formula is C23H25FN2O6. The van der Waals surface area contributed by atoms with E-state index in [4.69, 9.17) is 5.73 Å². The third kappa shape index (κ3) is 3.37. The summed E-state index contributed by atoms with van der Waals surface area (Å²) >= 11 is 0. The van der Waals surface area contributed by atoms with Gasteiger partial charge in [-0.25, -0.2) is 4.39 Å². The van der Waals surface area contributed by atoms with Crippen LogP contribution in [0.3, 0.4) is 0 Å². The normalized spacial score (nSPS) is 25.9. The van der Waals surface area contributed by atoms with Gasteiger partial charge in [-0.3, -0.25) is 14.4 Å². The molecule has 3 aliphatic carbocycles. The van der Waals surface area contributed by atoms with E-state index in [1.807, 2.05) is 0 Å². The molecule has 0 radical (unpaired) electrons. The van der Waals surface area contributed by atoms with E-state index in [1.54, 1.807) is 13.0 Å². The van der Waals surface area contributed by atoms with E-state index in [-0.39, 0.29) is 29.3 Å². The minimum Gasteiger partial charge on any atom is -0.511 e. The molecule has 0 spiro atoms. The molecule has 6 N–H and O–H groups in total. The number of Topliss-reactive ketones (excluding diaryl/α,β-unsaturated/α-hetero) is 2. The van der Waals surface area contributed by atoms with Crippen LogP contribution in [0.25, 0.3) is 0 Å². The number of nitrogens with two attached hydrogens (primary N) is 1. The first-order valence-electron chi connectivity index (χ1n) is 10.5. The summed E-state index contributed by atoms with van der Waals surface area (Å²) in [6.45, 7) is 1.44. The average Bonchev–Trinajstić information content (AvgIpc) is 2.71. The van der Waals surface area contributed by atoms with Gasteiger partial charge in [-0.05, 0) is 48.8 Å². The second-order valence-corrected chi connectivity index (χ2v) is 8.79. The number of hydrogen-bond acceptors (Lipinski definition) is 7. The van der Waals surface area contributed by atoms with E-state index < -0.39 is 59.0 Å². The Balaban J connectivity index is 1.76. The molecule has 1 aromatic carbocycles. The number of phenolic OH excluding ortho intramolecular Hbond substituents is 1. The highest BCUT2D eigenvalue weighted by molar-refractivity contribution is 6.22. The minimum atomic E-state index is -1.14. The molecular weight excluding hydrogens is 419 g/mol. The van der Waals surface area contributed by atoms with Crippen molar-refractivity contribution >= 4 is 17.5 Å². The number of aromatic hydroxyl groups is 1. The van der Waals surface area contributed by atoms with Crippen LogP contribution in [0.5, 0.6) is 5.75 Å². The number of ketones is 2. The zero-order chi connectivity index (χ0) is 23.3. The van der Waals surface area contributed by atoms with Crippen molar-refractivity contribution in [3.63, 3.8) is 0 Å². The number of fused-ring (bicyclic) bond motifs is 3. The Labute approximate surface area is 183 Å². The van der Waals surface area contributed by atoms with Crippen molar-refractivity contribution < 1.29 is 34.1 Å². The fraction of sp³-hybridized carbons (Fsp3) is 0.435. The second kappa shape index (κ2) is 8.05. The summed E-state index contributed by atoms with van der Waals surface area (Å²) in [4.78, 5) is 37.8. The topological polar surface area (TPSA) is 150 Å². The van der Waals surface area contributed by atoms with Gasteiger partial charge < -0.3 is 26.4 Å². The monoisotopic (exact) mass is 444 g/mol. The summed E-state index contributed by atoms with van der Waals surface area (Å²) < 4.78 is 12.8. The smallest absolute Gasteiger partial charge is 0.255 e. The van der Waals surface area contributed by atoms with Crippen LogP contribution >= 0.6 is 0 Å². The Bertz CT molecular complexity index is 1090. The number of rotatable bonds is 5. The summed E-state index contributed by atoms with van der Waals surface area (Å²) in [7, 11) is 0. The number of amides is 1. The van der Waals surface area contributed by atoms with E-state index in [9.17, 15) is 34.1 Å². The van der Waals surface area contributed by atoms with Crippen LogP contribution in [0, 0.1) is 17.8 Å². The van der Waals surface area contributed by atoms with Crippen LogP contribution in [0.15, 0.2) is 34.8 Å². The molecule has 3 aliphatic rings. The van der Waals surface area contributed by atoms with Crippen LogP contribution in [-0.2, 0) is 22.6 Å². The number of benzene rings is 1. The van der Waals surface area contributed by atoms with Gasteiger partial charge in [0.1, 0.15) is 29.5 Å². The second-order valence-electron chi connectivity index (χ2n) is 8.79. The predicted molar refractivity (Wildman–Crippen MR) is 112 cm³/mol. The number of allylic oxidation sites excluding steroid dienone is 3. The maximum atomic E-state index is 13.4. The van der Waals surface area contributed by atoms with Gasteiger partial charge in [0.25, 0.3) is 5.91 Å². The van der Waals surface area contributed by atoms with Gasteiger partial charge in [0.05, 0.1) is 11.5 Å². The summed E-state index contributed by atoms with van der Waals surface area (Å²) in [6, 6.07) is 2.68. The lowest BCUT2D eigenvalue weighted by molar-refractivity contribution is -0.126. The summed E-state index contributed by atoms with van der Waals surface area (Å²) in [6.07, 6.45) is 0.660. The molecule has 0 saturated carbocycles. The standard InChI is InChI=1S/C23H25FN2O6/c1-9(7-24)26-8-10-2-3-14(27)18-13(10)5-11-4-12-6-15(28)19(23(25)32)22(31)17(12)20(29)16(11)21(18)30/h2-3,9,11-12,17,26-29H,4-8H2,1H3,(H2,25,32)/t9?,11-,12+,17?/m1/s1. The number of carbonyl (C=O) groups excluding carboxylic acids is 3. The minimum absolute atomic E-state index is 0.00790. The summed E-state index contributed by atoms with van der Waals surface area (Å²) in [5.74, 6) is -5.56. The number of aliphatic hydroxyl groups excluding tert-OH is 2. The van der Waals surface area contributed by atoms with E-state index >= 15 is 0 Å². The largest absolute Gasteiger partial charge is 0.511 e. The van der Waals surface area contributed by atoms with Crippen molar-refractivity contribution in [3.05, 3.63) is 51.5 Å². The highest BCUT2D eigenvalue weighted by atomic mass is 19.1. The quantitative estimate of drug-likeness (QED) is 0.435. The fourth-order valence-electron chi connectivity index (χ4n) is 5.21. The van der Waals surface area contributed by atoms with Gasteiger partial charge in [0.2, 0.25) is 0 Å². The molecule has 0 bridgehead atoms.